The Bertz CT molecular complexity index is 450. The molecule has 0 bridgehead atoms. The summed E-state index contributed by atoms with van der Waals surface area (Å²) in [5.74, 6) is 0.0706. The lowest BCUT2D eigenvalue weighted by atomic mass is 9.83. The van der Waals surface area contributed by atoms with E-state index < -0.39 is 5.60 Å². The van der Waals surface area contributed by atoms with Crippen molar-refractivity contribution in [3.8, 4) is 0 Å². The molecule has 0 radical (unpaired) electrons. The third-order valence-electron chi connectivity index (χ3n) is 3.30. The SMILES string of the molecule is Cc1nc(N)sc1C(=O)N1CC(O)(C(C)C)C1. The second kappa shape index (κ2) is 3.96. The quantitative estimate of drug-likeness (QED) is 0.822. The van der Waals surface area contributed by atoms with Crippen molar-refractivity contribution in [2.45, 2.75) is 26.4 Å². The third-order valence-corrected chi connectivity index (χ3v) is 4.27. The van der Waals surface area contributed by atoms with Gasteiger partial charge in [-0.3, -0.25) is 4.79 Å². The molecular weight excluding hydrogens is 238 g/mol. The van der Waals surface area contributed by atoms with Crippen LogP contribution in [0.25, 0.3) is 0 Å². The predicted octanol–water partition coefficient (Wildman–Crippen LogP) is 0.877. The van der Waals surface area contributed by atoms with E-state index in [4.69, 9.17) is 5.73 Å². The fraction of sp³-hybridized carbons (Fsp3) is 0.636. The molecule has 1 aromatic heterocycles. The molecule has 94 valence electrons. The number of nitrogen functional groups attached to an aromatic ring is 1. The molecule has 0 aromatic carbocycles. The normalized spacial score (nSPS) is 18.3. The molecule has 0 unspecified atom stereocenters. The Morgan fingerprint density at radius 1 is 1.59 bits per heavy atom. The highest BCUT2D eigenvalue weighted by Crippen LogP contribution is 2.31. The van der Waals surface area contributed by atoms with E-state index in [-0.39, 0.29) is 11.8 Å². The number of amides is 1. The van der Waals surface area contributed by atoms with E-state index in [0.29, 0.717) is 28.8 Å². The van der Waals surface area contributed by atoms with Crippen molar-refractivity contribution in [3.05, 3.63) is 10.6 Å². The summed E-state index contributed by atoms with van der Waals surface area (Å²) < 4.78 is 0. The number of hydrogen-bond donors (Lipinski definition) is 2. The number of carbonyl (C=O) groups is 1. The number of nitrogens with zero attached hydrogens (tertiary/aromatic N) is 2. The first-order valence-corrected chi connectivity index (χ1v) is 6.39. The molecule has 1 fully saturated rings. The highest BCUT2D eigenvalue weighted by Gasteiger charge is 2.46. The number of aromatic nitrogens is 1. The summed E-state index contributed by atoms with van der Waals surface area (Å²) in [5.41, 5.74) is 5.49. The summed E-state index contributed by atoms with van der Waals surface area (Å²) in [6.45, 7) is 6.46. The van der Waals surface area contributed by atoms with Gasteiger partial charge in [0.2, 0.25) is 0 Å². The molecule has 2 rings (SSSR count). The van der Waals surface area contributed by atoms with E-state index in [1.54, 1.807) is 11.8 Å². The minimum absolute atomic E-state index is 0.0815. The number of thiazole rings is 1. The van der Waals surface area contributed by atoms with Gasteiger partial charge in [0, 0.05) is 0 Å². The lowest BCUT2D eigenvalue weighted by Gasteiger charge is -2.48. The van der Waals surface area contributed by atoms with E-state index in [1.165, 1.54) is 11.3 Å². The van der Waals surface area contributed by atoms with Crippen molar-refractivity contribution >= 4 is 22.4 Å². The number of anilines is 1. The monoisotopic (exact) mass is 255 g/mol. The van der Waals surface area contributed by atoms with E-state index in [1.807, 2.05) is 13.8 Å². The van der Waals surface area contributed by atoms with Gasteiger partial charge in [-0.1, -0.05) is 25.2 Å². The zero-order chi connectivity index (χ0) is 12.8. The van der Waals surface area contributed by atoms with Gasteiger partial charge < -0.3 is 15.7 Å². The zero-order valence-corrected chi connectivity index (χ0v) is 11.0. The summed E-state index contributed by atoms with van der Waals surface area (Å²) in [6, 6.07) is 0. The Morgan fingerprint density at radius 3 is 2.59 bits per heavy atom. The van der Waals surface area contributed by atoms with Crippen LogP contribution >= 0.6 is 11.3 Å². The number of hydrogen-bond acceptors (Lipinski definition) is 5. The van der Waals surface area contributed by atoms with Gasteiger partial charge >= 0.3 is 0 Å². The lowest BCUT2D eigenvalue weighted by Crippen LogP contribution is -2.65. The first-order valence-electron chi connectivity index (χ1n) is 5.58. The Balaban J connectivity index is 2.08. The van der Waals surface area contributed by atoms with Crippen LogP contribution in [-0.4, -0.2) is 39.6 Å². The number of aliphatic hydroxyl groups is 1. The van der Waals surface area contributed by atoms with Crippen molar-refractivity contribution in [1.29, 1.82) is 0 Å². The molecule has 6 heteroatoms. The van der Waals surface area contributed by atoms with E-state index in [9.17, 15) is 9.90 Å². The van der Waals surface area contributed by atoms with Gasteiger partial charge in [0.05, 0.1) is 18.8 Å². The standard InChI is InChI=1S/C11H17N3O2S/c1-6(2)11(16)4-14(5-11)9(15)8-7(3)13-10(12)17-8/h6,16H,4-5H2,1-3H3,(H2,12,13). The van der Waals surface area contributed by atoms with Crippen LogP contribution in [0.15, 0.2) is 0 Å². The Morgan fingerprint density at radius 2 is 2.18 bits per heavy atom. The van der Waals surface area contributed by atoms with Gasteiger partial charge in [0.1, 0.15) is 10.5 Å². The number of β-amino-alcohol motifs (C(OH)–C–C–N with tert-alkyl or cyclic N) is 1. The maximum absolute atomic E-state index is 12.1. The smallest absolute Gasteiger partial charge is 0.266 e. The average molecular weight is 255 g/mol. The fourth-order valence-electron chi connectivity index (χ4n) is 1.88. The van der Waals surface area contributed by atoms with Crippen LogP contribution in [0.5, 0.6) is 0 Å². The molecule has 2 heterocycles. The first kappa shape index (κ1) is 12.3. The molecule has 1 amide bonds. The summed E-state index contributed by atoms with van der Waals surface area (Å²) in [4.78, 5) is 18.3. The van der Waals surface area contributed by atoms with Crippen molar-refractivity contribution < 1.29 is 9.90 Å². The highest BCUT2D eigenvalue weighted by atomic mass is 32.1. The maximum atomic E-state index is 12.1. The second-order valence-electron chi connectivity index (χ2n) is 4.89. The molecule has 0 aliphatic carbocycles. The number of carbonyl (C=O) groups excluding carboxylic acids is 1. The fourth-order valence-corrected chi connectivity index (χ4v) is 2.68. The average Bonchev–Trinajstić information content (AvgIpc) is 2.51. The van der Waals surface area contributed by atoms with Gasteiger partial charge in [-0.25, -0.2) is 4.98 Å². The molecule has 0 atom stereocenters. The maximum Gasteiger partial charge on any atom is 0.266 e. The van der Waals surface area contributed by atoms with E-state index >= 15 is 0 Å². The Kier molecular flexibility index (Phi) is 2.87. The van der Waals surface area contributed by atoms with Crippen LogP contribution in [0.3, 0.4) is 0 Å². The van der Waals surface area contributed by atoms with Gasteiger partial charge in [-0.05, 0) is 12.8 Å². The van der Waals surface area contributed by atoms with Crippen molar-refractivity contribution in [2.75, 3.05) is 18.8 Å². The minimum atomic E-state index is -0.736. The van der Waals surface area contributed by atoms with Crippen LogP contribution in [0.2, 0.25) is 0 Å². The molecule has 1 aliphatic rings. The number of rotatable bonds is 2. The van der Waals surface area contributed by atoms with E-state index in [2.05, 4.69) is 4.98 Å². The number of aryl methyl sites for hydroxylation is 1. The summed E-state index contributed by atoms with van der Waals surface area (Å²) >= 11 is 1.20. The molecule has 3 N–H and O–H groups in total. The van der Waals surface area contributed by atoms with E-state index in [0.717, 1.165) is 0 Å². The third kappa shape index (κ3) is 2.02. The predicted molar refractivity (Wildman–Crippen MR) is 67.0 cm³/mol. The van der Waals surface area contributed by atoms with Crippen LogP contribution in [0.1, 0.15) is 29.2 Å². The molecule has 0 saturated carbocycles. The number of nitrogens with two attached hydrogens (primary N) is 1. The summed E-state index contributed by atoms with van der Waals surface area (Å²) in [5, 5.41) is 10.5. The molecular formula is C11H17N3O2S. The summed E-state index contributed by atoms with van der Waals surface area (Å²) in [6.07, 6.45) is 0. The molecule has 1 saturated heterocycles. The first-order chi connectivity index (χ1) is 7.83. The van der Waals surface area contributed by atoms with Gasteiger partial charge in [-0.15, -0.1) is 0 Å². The van der Waals surface area contributed by atoms with Gasteiger partial charge in [0.15, 0.2) is 5.13 Å². The van der Waals surface area contributed by atoms with Gasteiger partial charge in [0.25, 0.3) is 5.91 Å². The molecule has 5 nitrogen and oxygen atoms in total. The highest BCUT2D eigenvalue weighted by molar-refractivity contribution is 7.17. The topological polar surface area (TPSA) is 79.5 Å². The largest absolute Gasteiger partial charge is 0.386 e. The Hall–Kier alpha value is -1.14. The number of likely N-dealkylation sites (tertiary alicyclic amines) is 1. The van der Waals surface area contributed by atoms with Crippen LogP contribution < -0.4 is 5.73 Å². The molecule has 1 aliphatic heterocycles. The Labute approximate surface area is 104 Å². The van der Waals surface area contributed by atoms with Gasteiger partial charge in [-0.2, -0.15) is 0 Å². The van der Waals surface area contributed by atoms with Crippen LogP contribution in [0.4, 0.5) is 5.13 Å². The summed E-state index contributed by atoms with van der Waals surface area (Å²) in [7, 11) is 0. The lowest BCUT2D eigenvalue weighted by molar-refractivity contribution is -0.110. The molecule has 0 spiro atoms. The van der Waals surface area contributed by atoms with Crippen molar-refractivity contribution in [2.24, 2.45) is 5.92 Å². The van der Waals surface area contributed by atoms with Crippen LogP contribution in [0, 0.1) is 12.8 Å². The minimum Gasteiger partial charge on any atom is -0.386 e. The van der Waals surface area contributed by atoms with Crippen molar-refractivity contribution in [3.63, 3.8) is 0 Å². The molecule has 17 heavy (non-hydrogen) atoms. The zero-order valence-electron chi connectivity index (χ0n) is 10.2. The molecule has 1 aromatic rings. The van der Waals surface area contributed by atoms with Crippen LogP contribution in [-0.2, 0) is 0 Å². The van der Waals surface area contributed by atoms with Crippen molar-refractivity contribution in [1.82, 2.24) is 9.88 Å². The second-order valence-corrected chi connectivity index (χ2v) is 5.92.